The molecule has 0 heterocycles. The van der Waals surface area contributed by atoms with E-state index < -0.39 is 70.1 Å². The minimum atomic E-state index is -1.23. The largest absolute Gasteiger partial charge is 0.495 e. The number of nitrogens with one attached hydrogen (secondary N) is 3. The summed E-state index contributed by atoms with van der Waals surface area (Å²) in [5.41, 5.74) is -0.864. The number of esters is 2. The van der Waals surface area contributed by atoms with Crippen LogP contribution in [0.4, 0.5) is 4.79 Å². The van der Waals surface area contributed by atoms with Crippen LogP contribution in [0.1, 0.15) is 113 Å². The number of ether oxygens (including phenoxy) is 4. The van der Waals surface area contributed by atoms with E-state index in [1.807, 2.05) is 64.1 Å². The third-order valence-electron chi connectivity index (χ3n) is 9.03. The lowest BCUT2D eigenvalue weighted by molar-refractivity contribution is -0.156. The van der Waals surface area contributed by atoms with Gasteiger partial charge in [0.1, 0.15) is 35.1 Å². The fraction of sp³-hybridized carbons (Fsp3) is 0.553. The van der Waals surface area contributed by atoms with Gasteiger partial charge in [-0.3, -0.25) is 9.59 Å². The lowest BCUT2D eigenvalue weighted by atomic mass is 9.86. The van der Waals surface area contributed by atoms with Gasteiger partial charge in [-0.1, -0.05) is 87.9 Å². The molecular weight excluding hydrogens is 802 g/mol. The second-order valence-corrected chi connectivity index (χ2v) is 19.4. The molecule has 0 aliphatic heterocycles. The number of halogens is 1. The molecule has 0 aliphatic rings. The first-order valence-electron chi connectivity index (χ1n) is 20.5. The summed E-state index contributed by atoms with van der Waals surface area (Å²) in [6, 6.07) is 10.2. The molecule has 4 N–H and O–H groups in total. The van der Waals surface area contributed by atoms with Crippen LogP contribution in [0, 0.1) is 16.7 Å². The molecule has 0 spiro atoms. The summed E-state index contributed by atoms with van der Waals surface area (Å²) >= 11 is 6.34. The predicted octanol–water partition coefficient (Wildman–Crippen LogP) is 7.89. The van der Waals surface area contributed by atoms with Gasteiger partial charge in [0.25, 0.3) is 0 Å². The van der Waals surface area contributed by atoms with E-state index in [0.717, 1.165) is 11.1 Å². The Kier molecular flexibility index (Phi) is 19.5. The first-order chi connectivity index (χ1) is 28.1. The maximum absolute atomic E-state index is 14.1. The summed E-state index contributed by atoms with van der Waals surface area (Å²) in [5.74, 6) is -2.17. The summed E-state index contributed by atoms with van der Waals surface area (Å²) in [6.07, 6.45) is 5.61. The van der Waals surface area contributed by atoms with E-state index in [2.05, 4.69) is 16.0 Å². The van der Waals surface area contributed by atoms with Gasteiger partial charge in [-0.25, -0.2) is 14.4 Å². The van der Waals surface area contributed by atoms with E-state index in [4.69, 9.17) is 30.5 Å². The molecule has 4 atom stereocenters. The number of aliphatic hydroxyl groups excluding tert-OH is 1. The number of carbonyl (C=O) groups is 5. The number of hydrogen-bond acceptors (Lipinski definition) is 10. The Bertz CT molecular complexity index is 1850. The van der Waals surface area contributed by atoms with Crippen LogP contribution in [0.25, 0.3) is 6.08 Å². The van der Waals surface area contributed by atoms with Crippen molar-refractivity contribution in [3.63, 3.8) is 0 Å². The minimum absolute atomic E-state index is 0.0542. The highest BCUT2D eigenvalue weighted by Gasteiger charge is 2.36. The molecule has 0 aliphatic carbocycles. The van der Waals surface area contributed by atoms with Crippen LogP contribution < -0.4 is 20.7 Å². The van der Waals surface area contributed by atoms with E-state index in [-0.39, 0.29) is 38.3 Å². The van der Waals surface area contributed by atoms with E-state index in [1.54, 1.807) is 79.7 Å². The summed E-state index contributed by atoms with van der Waals surface area (Å²) in [6.45, 7) is 21.2. The molecule has 0 saturated carbocycles. The highest BCUT2D eigenvalue weighted by Crippen LogP contribution is 2.27. The summed E-state index contributed by atoms with van der Waals surface area (Å²) in [4.78, 5) is 67.0. The number of amides is 3. The fourth-order valence-corrected chi connectivity index (χ4v) is 6.04. The van der Waals surface area contributed by atoms with E-state index in [0.29, 0.717) is 16.3 Å². The maximum atomic E-state index is 14.1. The van der Waals surface area contributed by atoms with Crippen molar-refractivity contribution in [1.82, 2.24) is 16.0 Å². The fourth-order valence-electron chi connectivity index (χ4n) is 5.76. The van der Waals surface area contributed by atoms with Crippen molar-refractivity contribution in [2.45, 2.75) is 138 Å². The number of carbonyl (C=O) groups excluding carboxylic acids is 5. The Labute approximate surface area is 367 Å². The molecule has 0 fully saturated rings. The Hall–Kier alpha value is -4.88. The molecule has 2 rings (SSSR count). The van der Waals surface area contributed by atoms with Gasteiger partial charge in [0.15, 0.2) is 0 Å². The van der Waals surface area contributed by atoms with Gasteiger partial charge in [0.05, 0.1) is 24.2 Å². The first kappa shape index (κ1) is 52.3. The Morgan fingerprint density at radius 3 is 1.97 bits per heavy atom. The lowest BCUT2D eigenvalue weighted by Gasteiger charge is -2.32. The smallest absolute Gasteiger partial charge is 0.408 e. The van der Waals surface area contributed by atoms with Crippen LogP contribution in [0.3, 0.4) is 0 Å². The number of methoxy groups -OCH3 is 1. The highest BCUT2D eigenvalue weighted by atomic mass is 35.5. The van der Waals surface area contributed by atoms with Crippen molar-refractivity contribution >= 4 is 47.5 Å². The van der Waals surface area contributed by atoms with Gasteiger partial charge < -0.3 is 40.0 Å². The van der Waals surface area contributed by atoms with Gasteiger partial charge >= 0.3 is 18.0 Å². The van der Waals surface area contributed by atoms with E-state index in [9.17, 15) is 29.1 Å². The molecule has 14 heteroatoms. The zero-order valence-electron chi connectivity index (χ0n) is 38.2. The van der Waals surface area contributed by atoms with Gasteiger partial charge in [-0.05, 0) is 96.0 Å². The van der Waals surface area contributed by atoms with Crippen LogP contribution >= 0.6 is 11.6 Å². The third kappa shape index (κ3) is 20.0. The van der Waals surface area contributed by atoms with Gasteiger partial charge in [-0.15, -0.1) is 0 Å². The molecule has 0 unspecified atom stereocenters. The molecule has 0 bridgehead atoms. The quantitative estimate of drug-likeness (QED) is 0.0617. The van der Waals surface area contributed by atoms with E-state index in [1.165, 1.54) is 13.2 Å². The zero-order valence-corrected chi connectivity index (χ0v) is 39.0. The predicted molar refractivity (Wildman–Crippen MR) is 238 cm³/mol. The summed E-state index contributed by atoms with van der Waals surface area (Å²) in [7, 11) is 1.49. The van der Waals surface area contributed by atoms with Crippen LogP contribution in [-0.2, 0) is 46.4 Å². The standard InChI is InChI=1S/C47H68ClN3O10/c1-30(17-18-31-19-21-32(28-52)22-20-31)37(15-14-16-39(53)60-45(5,6)7)59-41(55)36(27-44(2,3)4)50-42(56)47(11,12)29-49-40(54)35(51-43(57)61-46(8,9)10)26-33-23-24-38(58-13)34(48)25-33/h14,16-25,30,35-37,52H,15,26-29H2,1-13H3,(H,49,54)(H,50,56)(H,51,57)/b16-14+,18-17+/t30-,35-,36+,37+/m1/s1. The number of benzene rings is 2. The average molecular weight is 871 g/mol. The molecule has 13 nitrogen and oxygen atoms in total. The molecule has 61 heavy (non-hydrogen) atoms. The lowest BCUT2D eigenvalue weighted by Crippen LogP contribution is -2.54. The third-order valence-corrected chi connectivity index (χ3v) is 9.32. The van der Waals surface area contributed by atoms with Crippen LogP contribution in [0.15, 0.2) is 60.7 Å². The van der Waals surface area contributed by atoms with Crippen molar-refractivity contribution in [3.05, 3.63) is 82.4 Å². The van der Waals surface area contributed by atoms with Crippen molar-refractivity contribution in [2.75, 3.05) is 13.7 Å². The Balaban J connectivity index is 2.32. The minimum Gasteiger partial charge on any atom is -0.495 e. The molecule has 0 radical (unpaired) electrons. The number of aliphatic hydroxyl groups is 1. The Morgan fingerprint density at radius 2 is 1.43 bits per heavy atom. The van der Waals surface area contributed by atoms with E-state index >= 15 is 0 Å². The second-order valence-electron chi connectivity index (χ2n) is 19.0. The van der Waals surface area contributed by atoms with Gasteiger partial charge in [-0.2, -0.15) is 0 Å². The topological polar surface area (TPSA) is 179 Å². The molecular formula is C47H68ClN3O10. The summed E-state index contributed by atoms with van der Waals surface area (Å²) in [5, 5.41) is 18.1. The molecule has 2 aromatic carbocycles. The number of hydrogen-bond donors (Lipinski definition) is 4. The van der Waals surface area contributed by atoms with Gasteiger partial charge in [0, 0.05) is 31.4 Å². The van der Waals surface area contributed by atoms with Crippen molar-refractivity contribution < 1.29 is 48.0 Å². The zero-order chi connectivity index (χ0) is 46.3. The Morgan fingerprint density at radius 1 is 0.820 bits per heavy atom. The molecule has 2 aromatic rings. The number of alkyl carbamates (subject to hydrolysis) is 1. The van der Waals surface area contributed by atoms with Crippen LogP contribution in [-0.4, -0.2) is 78.0 Å². The second kappa shape index (κ2) is 22.8. The number of rotatable bonds is 19. The monoisotopic (exact) mass is 869 g/mol. The van der Waals surface area contributed by atoms with Crippen LogP contribution in [0.2, 0.25) is 5.02 Å². The molecule has 0 saturated heterocycles. The average Bonchev–Trinajstić information content (AvgIpc) is 3.13. The SMILES string of the molecule is COc1ccc(C[C@@H](NC(=O)OC(C)(C)C)C(=O)NCC(C)(C)C(=O)N[C@@H](CC(C)(C)C)C(=O)O[C@@H](C/C=C/C(=O)OC(C)(C)C)[C@H](C)/C=C/c2ccc(CO)cc2)cc1Cl. The van der Waals surface area contributed by atoms with Gasteiger partial charge in [0.2, 0.25) is 11.8 Å². The highest BCUT2D eigenvalue weighted by molar-refractivity contribution is 6.32. The molecule has 3 amide bonds. The normalized spacial score (nSPS) is 14.4. The summed E-state index contributed by atoms with van der Waals surface area (Å²) < 4.78 is 22.2. The van der Waals surface area contributed by atoms with Crippen molar-refractivity contribution in [2.24, 2.45) is 16.7 Å². The van der Waals surface area contributed by atoms with Crippen molar-refractivity contribution in [3.8, 4) is 5.75 Å². The maximum Gasteiger partial charge on any atom is 0.408 e. The molecule has 338 valence electrons. The molecule has 0 aromatic heterocycles. The van der Waals surface area contributed by atoms with Crippen LogP contribution in [0.5, 0.6) is 5.75 Å². The first-order valence-corrected chi connectivity index (χ1v) is 20.9. The van der Waals surface area contributed by atoms with Crippen molar-refractivity contribution in [1.29, 1.82) is 0 Å².